The zero-order chi connectivity index (χ0) is 19.7. The predicted octanol–water partition coefficient (Wildman–Crippen LogP) is 4.66. The van der Waals surface area contributed by atoms with Gasteiger partial charge in [-0.1, -0.05) is 37.3 Å². The van der Waals surface area contributed by atoms with Crippen LogP contribution in [0.2, 0.25) is 0 Å². The zero-order valence-corrected chi connectivity index (χ0v) is 16.0. The maximum absolute atomic E-state index is 13.3. The molecule has 3 nitrogen and oxygen atoms in total. The first-order valence-corrected chi connectivity index (χ1v) is 10.4. The molecule has 1 amide bonds. The van der Waals surface area contributed by atoms with Gasteiger partial charge in [-0.2, -0.15) is 13.2 Å². The number of benzene rings is 2. The van der Waals surface area contributed by atoms with Gasteiger partial charge in [0.25, 0.3) is 0 Å². The van der Waals surface area contributed by atoms with Gasteiger partial charge in [-0.25, -0.2) is 0 Å². The lowest BCUT2D eigenvalue weighted by Crippen LogP contribution is -2.50. The number of amides is 1. The highest BCUT2D eigenvalue weighted by atomic mass is 32.2. The Labute approximate surface area is 165 Å². The van der Waals surface area contributed by atoms with E-state index in [1.807, 2.05) is 24.3 Å². The fourth-order valence-corrected chi connectivity index (χ4v) is 6.71. The fourth-order valence-electron chi connectivity index (χ4n) is 5.38. The first-order chi connectivity index (χ1) is 13.3. The molecule has 0 aliphatic carbocycles. The van der Waals surface area contributed by atoms with Gasteiger partial charge in [-0.15, -0.1) is 11.8 Å². The van der Waals surface area contributed by atoms with E-state index in [-0.39, 0.29) is 23.8 Å². The Morgan fingerprint density at radius 1 is 1.14 bits per heavy atom. The largest absolute Gasteiger partial charge is 0.416 e. The molecule has 146 valence electrons. The van der Waals surface area contributed by atoms with Gasteiger partial charge in [0.15, 0.2) is 0 Å². The third kappa shape index (κ3) is 2.26. The highest BCUT2D eigenvalue weighted by Gasteiger charge is 2.65. The zero-order valence-electron chi connectivity index (χ0n) is 15.2. The quantitative estimate of drug-likeness (QED) is 0.750. The van der Waals surface area contributed by atoms with Gasteiger partial charge in [-0.05, 0) is 29.7 Å². The third-order valence-electron chi connectivity index (χ3n) is 6.54. The normalized spacial score (nSPS) is 31.9. The second kappa shape index (κ2) is 6.00. The van der Waals surface area contributed by atoms with Crippen molar-refractivity contribution < 1.29 is 18.0 Å². The van der Waals surface area contributed by atoms with E-state index < -0.39 is 17.3 Å². The van der Waals surface area contributed by atoms with Gasteiger partial charge in [0, 0.05) is 34.8 Å². The molecule has 28 heavy (non-hydrogen) atoms. The van der Waals surface area contributed by atoms with Gasteiger partial charge in [0.1, 0.15) is 5.54 Å². The van der Waals surface area contributed by atoms with Gasteiger partial charge in [-0.3, -0.25) is 9.69 Å². The van der Waals surface area contributed by atoms with Crippen molar-refractivity contribution in [3.63, 3.8) is 0 Å². The van der Waals surface area contributed by atoms with Crippen molar-refractivity contribution in [2.75, 3.05) is 16.9 Å². The van der Waals surface area contributed by atoms with Crippen molar-refractivity contribution in [1.29, 1.82) is 0 Å². The summed E-state index contributed by atoms with van der Waals surface area (Å²) < 4.78 is 38.9. The summed E-state index contributed by atoms with van der Waals surface area (Å²) >= 11 is 1.78. The second-order valence-electron chi connectivity index (χ2n) is 7.74. The smallest absolute Gasteiger partial charge is 0.324 e. The van der Waals surface area contributed by atoms with Crippen molar-refractivity contribution in [2.45, 2.75) is 30.6 Å². The van der Waals surface area contributed by atoms with Crippen LogP contribution < -0.4 is 5.32 Å². The first kappa shape index (κ1) is 18.1. The first-order valence-electron chi connectivity index (χ1n) is 9.27. The van der Waals surface area contributed by atoms with Crippen molar-refractivity contribution in [3.8, 4) is 0 Å². The van der Waals surface area contributed by atoms with E-state index >= 15 is 0 Å². The molecule has 2 saturated heterocycles. The molecule has 2 aromatic carbocycles. The van der Waals surface area contributed by atoms with Gasteiger partial charge >= 0.3 is 6.18 Å². The van der Waals surface area contributed by atoms with Crippen LogP contribution >= 0.6 is 11.8 Å². The summed E-state index contributed by atoms with van der Waals surface area (Å²) in [6, 6.07) is 13.4. The summed E-state index contributed by atoms with van der Waals surface area (Å²) in [6.07, 6.45) is -4.35. The van der Waals surface area contributed by atoms with Crippen LogP contribution in [-0.4, -0.2) is 28.5 Å². The third-order valence-corrected chi connectivity index (χ3v) is 7.58. The highest BCUT2D eigenvalue weighted by Crippen LogP contribution is 2.60. The Morgan fingerprint density at radius 3 is 2.57 bits per heavy atom. The summed E-state index contributed by atoms with van der Waals surface area (Å²) in [5.74, 6) is 1.53. The Bertz CT molecular complexity index is 945. The maximum atomic E-state index is 13.3. The predicted molar refractivity (Wildman–Crippen MR) is 103 cm³/mol. The molecule has 4 atom stereocenters. The molecule has 3 aliphatic rings. The summed E-state index contributed by atoms with van der Waals surface area (Å²) in [5.41, 5.74) is 1.28. The van der Waals surface area contributed by atoms with E-state index in [0.29, 0.717) is 0 Å². The highest BCUT2D eigenvalue weighted by molar-refractivity contribution is 7.99. The average molecular weight is 404 g/mol. The number of nitrogens with zero attached hydrogens (tertiary/aromatic N) is 1. The summed E-state index contributed by atoms with van der Waals surface area (Å²) in [7, 11) is 0. The van der Waals surface area contributed by atoms with Crippen LogP contribution in [0.25, 0.3) is 0 Å². The lowest BCUT2D eigenvalue weighted by molar-refractivity contribution is -0.137. The number of carbonyl (C=O) groups is 1. The minimum atomic E-state index is -4.35. The Hall–Kier alpha value is -1.99. The molecule has 1 spiro atoms. The van der Waals surface area contributed by atoms with Crippen LogP contribution in [0.4, 0.5) is 18.9 Å². The number of halogens is 3. The number of hydrogen-bond donors (Lipinski definition) is 1. The Morgan fingerprint density at radius 2 is 1.86 bits per heavy atom. The molecular weight excluding hydrogens is 385 g/mol. The lowest BCUT2D eigenvalue weighted by Gasteiger charge is -2.35. The topological polar surface area (TPSA) is 32.3 Å². The van der Waals surface area contributed by atoms with Gasteiger partial charge < -0.3 is 5.32 Å². The van der Waals surface area contributed by atoms with Crippen LogP contribution in [-0.2, 0) is 16.5 Å². The number of nitrogens with one attached hydrogen (secondary N) is 1. The SMILES string of the molecule is C[C@H]1[C@H](c2ccc(C(F)(F)F)cc2)[C@H]2CSCN2[C@]12C(=O)Nc1ccccc12. The number of carbonyl (C=O) groups excluding carboxylic acids is 1. The molecule has 1 N–H and O–H groups in total. The van der Waals surface area contributed by atoms with E-state index in [0.717, 1.165) is 40.6 Å². The van der Waals surface area contributed by atoms with Crippen LogP contribution in [0.15, 0.2) is 48.5 Å². The standard InChI is InChI=1S/C21H19F3N2OS/c1-12-18(13-6-8-14(9-7-13)21(22,23)24)17-10-28-11-26(17)20(12)15-4-2-3-5-16(15)25-19(20)27/h2-9,12,17-18H,10-11H2,1H3,(H,25,27)/t12-,17+,18+,20+/m0/s1. The molecule has 0 saturated carbocycles. The van der Waals surface area contributed by atoms with Crippen LogP contribution in [0.3, 0.4) is 0 Å². The van der Waals surface area contributed by atoms with E-state index in [4.69, 9.17) is 0 Å². The molecule has 0 bridgehead atoms. The minimum absolute atomic E-state index is 0.00538. The van der Waals surface area contributed by atoms with Crippen molar-refractivity contribution in [1.82, 2.24) is 4.90 Å². The molecule has 2 fully saturated rings. The Kier molecular flexibility index (Phi) is 3.87. The van der Waals surface area contributed by atoms with Crippen molar-refractivity contribution >= 4 is 23.4 Å². The van der Waals surface area contributed by atoms with E-state index in [9.17, 15) is 18.0 Å². The van der Waals surface area contributed by atoms with Crippen LogP contribution in [0, 0.1) is 5.92 Å². The van der Waals surface area contributed by atoms with E-state index in [1.54, 1.807) is 23.9 Å². The summed E-state index contributed by atoms with van der Waals surface area (Å²) in [4.78, 5) is 15.5. The molecule has 5 rings (SSSR count). The van der Waals surface area contributed by atoms with Crippen LogP contribution in [0.5, 0.6) is 0 Å². The molecule has 0 aromatic heterocycles. The molecule has 0 unspecified atom stereocenters. The van der Waals surface area contributed by atoms with E-state index in [2.05, 4.69) is 17.1 Å². The number of thioether (sulfide) groups is 1. The number of fused-ring (bicyclic) bond motifs is 4. The molecule has 2 aromatic rings. The van der Waals surface area contributed by atoms with E-state index in [1.165, 1.54) is 0 Å². The number of hydrogen-bond acceptors (Lipinski definition) is 3. The molecular formula is C21H19F3N2OS. The van der Waals surface area contributed by atoms with Crippen molar-refractivity contribution in [3.05, 3.63) is 65.2 Å². The summed E-state index contributed by atoms with van der Waals surface area (Å²) in [5, 5.41) is 3.04. The number of anilines is 1. The fraction of sp³-hybridized carbons (Fsp3) is 0.381. The van der Waals surface area contributed by atoms with Crippen molar-refractivity contribution in [2.24, 2.45) is 5.92 Å². The van der Waals surface area contributed by atoms with Gasteiger partial charge in [0.2, 0.25) is 5.91 Å². The Balaban J connectivity index is 1.62. The summed E-state index contributed by atoms with van der Waals surface area (Å²) in [6.45, 7) is 2.06. The maximum Gasteiger partial charge on any atom is 0.416 e. The lowest BCUT2D eigenvalue weighted by atomic mass is 9.74. The minimum Gasteiger partial charge on any atom is -0.324 e. The van der Waals surface area contributed by atoms with Gasteiger partial charge in [0.05, 0.1) is 5.56 Å². The molecule has 7 heteroatoms. The number of rotatable bonds is 1. The monoisotopic (exact) mass is 404 g/mol. The second-order valence-corrected chi connectivity index (χ2v) is 8.74. The molecule has 3 aliphatic heterocycles. The number of para-hydroxylation sites is 1. The molecule has 3 heterocycles. The number of alkyl halides is 3. The molecule has 0 radical (unpaired) electrons. The average Bonchev–Trinajstić information content (AvgIpc) is 3.29. The van der Waals surface area contributed by atoms with Crippen LogP contribution in [0.1, 0.15) is 29.5 Å².